The highest BCUT2D eigenvalue weighted by molar-refractivity contribution is 9.10. The maximum absolute atomic E-state index is 4.58. The van der Waals surface area contributed by atoms with Crippen LogP contribution in [-0.2, 0) is 0 Å². The summed E-state index contributed by atoms with van der Waals surface area (Å²) >= 11 is 5.21. The summed E-state index contributed by atoms with van der Waals surface area (Å²) in [7, 11) is 0. The van der Waals surface area contributed by atoms with Gasteiger partial charge in [-0.15, -0.1) is 11.3 Å². The summed E-state index contributed by atoms with van der Waals surface area (Å²) in [5, 5.41) is 7.79. The summed E-state index contributed by atoms with van der Waals surface area (Å²) in [6.45, 7) is 2.02. The van der Waals surface area contributed by atoms with E-state index in [0.717, 1.165) is 26.5 Å². The van der Waals surface area contributed by atoms with Crippen LogP contribution in [0.3, 0.4) is 0 Å². The molecule has 2 aromatic heterocycles. The third-order valence-electron chi connectivity index (χ3n) is 3.94. The van der Waals surface area contributed by atoms with Crippen LogP contribution in [0.2, 0.25) is 0 Å². The van der Waals surface area contributed by atoms with E-state index in [1.54, 1.807) is 17.5 Å². The molecule has 0 amide bonds. The normalized spacial score (nSPS) is 14.7. The first-order valence-electron chi connectivity index (χ1n) is 7.61. The number of halogens is 1. The van der Waals surface area contributed by atoms with Gasteiger partial charge in [-0.05, 0) is 60.3 Å². The topological polar surface area (TPSA) is 62.7 Å². The van der Waals surface area contributed by atoms with Gasteiger partial charge in [0.15, 0.2) is 0 Å². The van der Waals surface area contributed by atoms with E-state index in [0.29, 0.717) is 12.0 Å². The average Bonchev–Trinajstić information content (AvgIpc) is 2.85. The van der Waals surface area contributed by atoms with Gasteiger partial charge in [0.25, 0.3) is 0 Å². The predicted octanol–water partition coefficient (Wildman–Crippen LogP) is 4.87. The van der Waals surface area contributed by atoms with E-state index in [1.807, 2.05) is 19.1 Å². The Morgan fingerprint density at radius 2 is 2.13 bits per heavy atom. The molecular formula is C16H16BrN5S. The van der Waals surface area contributed by atoms with Gasteiger partial charge in [0.1, 0.15) is 5.82 Å². The van der Waals surface area contributed by atoms with Crippen LogP contribution in [0.15, 0.2) is 28.9 Å². The Labute approximate surface area is 146 Å². The number of fused-ring (bicyclic) bond motifs is 1. The minimum Gasteiger partial charge on any atom is -0.366 e. The molecule has 7 heteroatoms. The standard InChI is InChI=1S/C16H16BrN5S/c1-9-19-13-7-11(5-6-14(13)23-9)21-16-18-8-12(17)15(22-16)20-10-3-2-4-10/h5-8,10H,2-4H2,1H3,(H2,18,20,21,22). The largest absolute Gasteiger partial charge is 0.366 e. The van der Waals surface area contributed by atoms with Gasteiger partial charge in [-0.3, -0.25) is 0 Å². The lowest BCUT2D eigenvalue weighted by Gasteiger charge is -2.27. The van der Waals surface area contributed by atoms with Crippen molar-refractivity contribution in [1.29, 1.82) is 0 Å². The van der Waals surface area contributed by atoms with Crippen molar-refractivity contribution in [2.45, 2.75) is 32.2 Å². The molecule has 1 fully saturated rings. The molecule has 2 N–H and O–H groups in total. The summed E-state index contributed by atoms with van der Waals surface area (Å²) in [5.41, 5.74) is 1.95. The molecule has 1 aliphatic rings. The van der Waals surface area contributed by atoms with E-state index >= 15 is 0 Å². The Morgan fingerprint density at radius 1 is 1.26 bits per heavy atom. The minimum absolute atomic E-state index is 0.531. The Hall–Kier alpha value is -1.73. The highest BCUT2D eigenvalue weighted by atomic mass is 79.9. The Balaban J connectivity index is 1.57. The lowest BCUT2D eigenvalue weighted by atomic mass is 9.93. The van der Waals surface area contributed by atoms with E-state index < -0.39 is 0 Å². The van der Waals surface area contributed by atoms with Crippen LogP contribution in [0.1, 0.15) is 24.3 Å². The molecule has 1 aliphatic carbocycles. The van der Waals surface area contributed by atoms with E-state index in [1.165, 1.54) is 24.0 Å². The molecule has 1 saturated carbocycles. The SMILES string of the molecule is Cc1nc2cc(Nc3ncc(Br)c(NC4CCC4)n3)ccc2s1. The highest BCUT2D eigenvalue weighted by Gasteiger charge is 2.19. The quantitative estimate of drug-likeness (QED) is 0.666. The number of hydrogen-bond acceptors (Lipinski definition) is 6. The fraction of sp³-hybridized carbons (Fsp3) is 0.312. The lowest BCUT2D eigenvalue weighted by molar-refractivity contribution is 0.444. The third-order valence-corrected chi connectivity index (χ3v) is 5.47. The van der Waals surface area contributed by atoms with Crippen molar-refractivity contribution in [2.75, 3.05) is 10.6 Å². The zero-order valence-electron chi connectivity index (χ0n) is 12.6. The van der Waals surface area contributed by atoms with Gasteiger partial charge in [0.2, 0.25) is 5.95 Å². The van der Waals surface area contributed by atoms with Crippen LogP contribution >= 0.6 is 27.3 Å². The molecule has 23 heavy (non-hydrogen) atoms. The molecule has 0 atom stereocenters. The molecule has 0 spiro atoms. The molecule has 0 radical (unpaired) electrons. The number of aryl methyl sites for hydroxylation is 1. The maximum Gasteiger partial charge on any atom is 0.229 e. The molecule has 4 rings (SSSR count). The zero-order valence-corrected chi connectivity index (χ0v) is 15.0. The maximum atomic E-state index is 4.58. The van der Waals surface area contributed by atoms with Gasteiger partial charge in [-0.2, -0.15) is 4.98 Å². The first-order chi connectivity index (χ1) is 11.2. The van der Waals surface area contributed by atoms with Crippen LogP contribution in [0.5, 0.6) is 0 Å². The lowest BCUT2D eigenvalue weighted by Crippen LogP contribution is -2.27. The van der Waals surface area contributed by atoms with E-state index in [9.17, 15) is 0 Å². The second-order valence-corrected chi connectivity index (χ2v) is 7.79. The molecule has 118 valence electrons. The van der Waals surface area contributed by atoms with Crippen LogP contribution in [0.4, 0.5) is 17.5 Å². The van der Waals surface area contributed by atoms with Crippen LogP contribution in [0, 0.1) is 6.92 Å². The van der Waals surface area contributed by atoms with E-state index in [-0.39, 0.29) is 0 Å². The number of rotatable bonds is 4. The van der Waals surface area contributed by atoms with Gasteiger partial charge in [-0.25, -0.2) is 9.97 Å². The van der Waals surface area contributed by atoms with Gasteiger partial charge < -0.3 is 10.6 Å². The fourth-order valence-corrected chi connectivity index (χ4v) is 3.64. The molecule has 0 bridgehead atoms. The predicted molar refractivity (Wildman–Crippen MR) is 98.6 cm³/mol. The van der Waals surface area contributed by atoms with Crippen molar-refractivity contribution in [3.05, 3.63) is 33.9 Å². The number of aromatic nitrogens is 3. The molecule has 0 aliphatic heterocycles. The summed E-state index contributed by atoms with van der Waals surface area (Å²) < 4.78 is 2.08. The van der Waals surface area contributed by atoms with E-state index in [2.05, 4.69) is 47.6 Å². The molecule has 5 nitrogen and oxygen atoms in total. The second kappa shape index (κ2) is 6.05. The number of nitrogens with one attached hydrogen (secondary N) is 2. The zero-order chi connectivity index (χ0) is 15.8. The summed E-state index contributed by atoms with van der Waals surface area (Å²) in [5.74, 6) is 1.43. The van der Waals surface area contributed by atoms with Gasteiger partial charge in [-0.1, -0.05) is 0 Å². The van der Waals surface area contributed by atoms with Crippen LogP contribution in [-0.4, -0.2) is 21.0 Å². The van der Waals surface area contributed by atoms with Crippen molar-refractivity contribution in [3.8, 4) is 0 Å². The van der Waals surface area contributed by atoms with Crippen LogP contribution < -0.4 is 10.6 Å². The van der Waals surface area contributed by atoms with Crippen molar-refractivity contribution in [3.63, 3.8) is 0 Å². The number of nitrogens with zero attached hydrogens (tertiary/aromatic N) is 3. The van der Waals surface area contributed by atoms with Crippen molar-refractivity contribution in [2.24, 2.45) is 0 Å². The second-order valence-electron chi connectivity index (χ2n) is 5.70. The molecule has 2 heterocycles. The Kier molecular flexibility index (Phi) is 3.90. The van der Waals surface area contributed by atoms with Crippen molar-refractivity contribution >= 4 is 54.9 Å². The summed E-state index contributed by atoms with van der Waals surface area (Å²) in [6, 6.07) is 6.67. The summed E-state index contributed by atoms with van der Waals surface area (Å²) in [4.78, 5) is 13.4. The third kappa shape index (κ3) is 3.16. The molecule has 1 aromatic carbocycles. The molecular weight excluding hydrogens is 374 g/mol. The van der Waals surface area contributed by atoms with Crippen LogP contribution in [0.25, 0.3) is 10.2 Å². The molecule has 0 unspecified atom stereocenters. The number of hydrogen-bond donors (Lipinski definition) is 2. The number of benzene rings is 1. The number of anilines is 3. The van der Waals surface area contributed by atoms with Crippen molar-refractivity contribution in [1.82, 2.24) is 15.0 Å². The first kappa shape index (κ1) is 14.8. The summed E-state index contributed by atoms with van der Waals surface area (Å²) in [6.07, 6.45) is 5.48. The monoisotopic (exact) mass is 389 g/mol. The fourth-order valence-electron chi connectivity index (χ4n) is 2.52. The molecule has 3 aromatic rings. The van der Waals surface area contributed by atoms with Gasteiger partial charge in [0, 0.05) is 17.9 Å². The smallest absolute Gasteiger partial charge is 0.229 e. The van der Waals surface area contributed by atoms with E-state index in [4.69, 9.17) is 0 Å². The highest BCUT2D eigenvalue weighted by Crippen LogP contribution is 2.29. The average molecular weight is 390 g/mol. The Morgan fingerprint density at radius 3 is 2.91 bits per heavy atom. The minimum atomic E-state index is 0.531. The number of thiazole rings is 1. The van der Waals surface area contributed by atoms with Crippen molar-refractivity contribution < 1.29 is 0 Å². The van der Waals surface area contributed by atoms with Gasteiger partial charge in [0.05, 0.1) is 19.7 Å². The van der Waals surface area contributed by atoms with Gasteiger partial charge >= 0.3 is 0 Å². The Bertz CT molecular complexity index is 859. The molecule has 0 saturated heterocycles. The first-order valence-corrected chi connectivity index (χ1v) is 9.21.